The van der Waals surface area contributed by atoms with Crippen molar-refractivity contribution in [2.24, 2.45) is 0 Å². The summed E-state index contributed by atoms with van der Waals surface area (Å²) in [5.41, 5.74) is 3.15. The van der Waals surface area contributed by atoms with E-state index in [1.165, 1.54) is 5.56 Å². The first-order valence-corrected chi connectivity index (χ1v) is 8.44. The number of benzene rings is 1. The molecule has 0 aliphatic rings. The molecule has 0 radical (unpaired) electrons. The lowest BCUT2D eigenvalue weighted by Gasteiger charge is -2.23. The lowest BCUT2D eigenvalue weighted by Crippen LogP contribution is -2.36. The van der Waals surface area contributed by atoms with Gasteiger partial charge in [0.2, 0.25) is 0 Å². The first-order chi connectivity index (χ1) is 11.9. The summed E-state index contributed by atoms with van der Waals surface area (Å²) < 4.78 is 5.13. The van der Waals surface area contributed by atoms with E-state index < -0.39 is 0 Å². The highest BCUT2D eigenvalue weighted by Crippen LogP contribution is 2.23. The number of methoxy groups -OCH3 is 1. The van der Waals surface area contributed by atoms with Gasteiger partial charge in [0.1, 0.15) is 0 Å². The van der Waals surface area contributed by atoms with Crippen molar-refractivity contribution < 1.29 is 9.53 Å². The Kier molecular flexibility index (Phi) is 6.53. The maximum Gasteiger partial charge on any atom is 0.322 e. The second-order valence-electron chi connectivity index (χ2n) is 7.03. The largest absolute Gasteiger partial charge is 0.383 e. The van der Waals surface area contributed by atoms with Gasteiger partial charge in [-0.25, -0.2) is 4.79 Å². The Hall–Kier alpha value is -2.40. The van der Waals surface area contributed by atoms with Crippen LogP contribution in [0.25, 0.3) is 0 Å². The van der Waals surface area contributed by atoms with Crippen molar-refractivity contribution in [3.63, 3.8) is 0 Å². The number of urea groups is 1. The normalized spacial score (nSPS) is 11.2. The zero-order valence-electron chi connectivity index (χ0n) is 15.5. The zero-order valence-corrected chi connectivity index (χ0v) is 15.5. The molecule has 0 aliphatic heterocycles. The number of amides is 2. The summed E-state index contributed by atoms with van der Waals surface area (Å²) in [6.45, 7) is 8.02. The van der Waals surface area contributed by atoms with Crippen LogP contribution in [0.5, 0.6) is 0 Å². The third-order valence-electron chi connectivity index (χ3n) is 3.98. The molecule has 1 aromatic carbocycles. The van der Waals surface area contributed by atoms with Crippen molar-refractivity contribution in [1.82, 2.24) is 9.88 Å². The van der Waals surface area contributed by atoms with Crippen LogP contribution in [0.1, 0.15) is 31.9 Å². The van der Waals surface area contributed by atoms with Gasteiger partial charge in [-0.2, -0.15) is 0 Å². The average Bonchev–Trinajstić information content (AvgIpc) is 2.59. The number of pyridine rings is 1. The number of carbonyl (C=O) groups is 1. The quantitative estimate of drug-likeness (QED) is 0.862. The molecule has 0 fully saturated rings. The molecule has 134 valence electrons. The van der Waals surface area contributed by atoms with Crippen LogP contribution in [0.15, 0.2) is 48.8 Å². The minimum Gasteiger partial charge on any atom is -0.383 e. The number of ether oxygens (including phenoxy) is 1. The third-order valence-corrected chi connectivity index (χ3v) is 3.98. The number of rotatable bonds is 6. The van der Waals surface area contributed by atoms with Crippen molar-refractivity contribution in [3.05, 3.63) is 59.9 Å². The monoisotopic (exact) mass is 341 g/mol. The smallest absolute Gasteiger partial charge is 0.322 e. The van der Waals surface area contributed by atoms with Crippen LogP contribution < -0.4 is 5.32 Å². The molecule has 1 N–H and O–H groups in total. The van der Waals surface area contributed by atoms with E-state index in [-0.39, 0.29) is 11.4 Å². The molecule has 0 saturated carbocycles. The predicted molar refractivity (Wildman–Crippen MR) is 101 cm³/mol. The van der Waals surface area contributed by atoms with Crippen LogP contribution in [0.3, 0.4) is 0 Å². The molecule has 0 saturated heterocycles. The molecule has 2 rings (SSSR count). The van der Waals surface area contributed by atoms with Crippen LogP contribution in [-0.2, 0) is 16.7 Å². The van der Waals surface area contributed by atoms with E-state index in [0.717, 1.165) is 11.3 Å². The lowest BCUT2D eigenvalue weighted by molar-refractivity contribution is 0.153. The third kappa shape index (κ3) is 5.87. The summed E-state index contributed by atoms with van der Waals surface area (Å²) >= 11 is 0. The number of anilines is 1. The van der Waals surface area contributed by atoms with E-state index in [4.69, 9.17) is 4.74 Å². The maximum absolute atomic E-state index is 12.6. The van der Waals surface area contributed by atoms with E-state index >= 15 is 0 Å². The van der Waals surface area contributed by atoms with Crippen LogP contribution in [-0.4, -0.2) is 36.2 Å². The van der Waals surface area contributed by atoms with Crippen molar-refractivity contribution in [2.75, 3.05) is 25.6 Å². The Labute approximate surface area is 150 Å². The SMILES string of the molecule is COCCN(Cc1ccncc1)C(=O)Nc1ccc(C(C)(C)C)cc1. The van der Waals surface area contributed by atoms with Crippen LogP contribution in [0.2, 0.25) is 0 Å². The van der Waals surface area contributed by atoms with Gasteiger partial charge >= 0.3 is 6.03 Å². The molecule has 1 aromatic heterocycles. The summed E-state index contributed by atoms with van der Waals surface area (Å²) in [4.78, 5) is 18.4. The van der Waals surface area contributed by atoms with Gasteiger partial charge in [-0.3, -0.25) is 4.98 Å². The number of nitrogens with one attached hydrogen (secondary N) is 1. The Balaban J connectivity index is 2.05. The number of aromatic nitrogens is 1. The Morgan fingerprint density at radius 3 is 2.32 bits per heavy atom. The molecule has 0 bridgehead atoms. The molecule has 1 heterocycles. The van der Waals surface area contributed by atoms with E-state index in [1.807, 2.05) is 24.3 Å². The molecule has 25 heavy (non-hydrogen) atoms. The fourth-order valence-electron chi connectivity index (χ4n) is 2.42. The molecule has 2 aromatic rings. The molecule has 0 aliphatic carbocycles. The van der Waals surface area contributed by atoms with Crippen molar-refractivity contribution >= 4 is 11.7 Å². The highest BCUT2D eigenvalue weighted by atomic mass is 16.5. The summed E-state index contributed by atoms with van der Waals surface area (Å²) in [5, 5.41) is 2.97. The summed E-state index contributed by atoms with van der Waals surface area (Å²) in [6, 6.07) is 11.7. The average molecular weight is 341 g/mol. The van der Waals surface area contributed by atoms with Gasteiger partial charge in [0.05, 0.1) is 6.61 Å². The van der Waals surface area contributed by atoms with Gasteiger partial charge < -0.3 is 15.0 Å². The van der Waals surface area contributed by atoms with Crippen LogP contribution in [0.4, 0.5) is 10.5 Å². The maximum atomic E-state index is 12.6. The molecule has 0 spiro atoms. The van der Waals surface area contributed by atoms with Gasteiger partial charge in [0.25, 0.3) is 0 Å². The first-order valence-electron chi connectivity index (χ1n) is 8.44. The minimum absolute atomic E-state index is 0.0917. The van der Waals surface area contributed by atoms with Gasteiger partial charge in [0.15, 0.2) is 0 Å². The fourth-order valence-corrected chi connectivity index (χ4v) is 2.42. The summed E-state index contributed by atoms with van der Waals surface area (Å²) in [7, 11) is 1.63. The predicted octanol–water partition coefficient (Wildman–Crippen LogP) is 4.06. The van der Waals surface area contributed by atoms with Gasteiger partial charge in [-0.05, 0) is 40.8 Å². The van der Waals surface area contributed by atoms with Crippen LogP contribution >= 0.6 is 0 Å². The number of hydrogen-bond donors (Lipinski definition) is 1. The Morgan fingerprint density at radius 1 is 1.12 bits per heavy atom. The standard InChI is InChI=1S/C20H27N3O2/c1-20(2,3)17-5-7-18(8-6-17)22-19(24)23(13-14-25-4)15-16-9-11-21-12-10-16/h5-12H,13-15H2,1-4H3,(H,22,24). The highest BCUT2D eigenvalue weighted by Gasteiger charge is 2.16. The van der Waals surface area contributed by atoms with Gasteiger partial charge in [-0.15, -0.1) is 0 Å². The first kappa shape index (κ1) is 18.9. The second-order valence-corrected chi connectivity index (χ2v) is 7.03. The van der Waals surface area contributed by atoms with Gasteiger partial charge in [-0.1, -0.05) is 32.9 Å². The van der Waals surface area contributed by atoms with Crippen molar-refractivity contribution in [1.29, 1.82) is 0 Å². The zero-order chi connectivity index (χ0) is 18.3. The lowest BCUT2D eigenvalue weighted by atomic mass is 9.87. The molecule has 0 unspecified atom stereocenters. The molecule has 0 atom stereocenters. The molecule has 5 nitrogen and oxygen atoms in total. The molecular weight excluding hydrogens is 314 g/mol. The number of carbonyl (C=O) groups excluding carboxylic acids is 1. The van der Waals surface area contributed by atoms with E-state index in [1.54, 1.807) is 24.4 Å². The molecule has 2 amide bonds. The fraction of sp³-hybridized carbons (Fsp3) is 0.400. The number of nitrogens with zero attached hydrogens (tertiary/aromatic N) is 2. The number of hydrogen-bond acceptors (Lipinski definition) is 3. The van der Waals surface area contributed by atoms with E-state index in [9.17, 15) is 4.79 Å². The van der Waals surface area contributed by atoms with E-state index in [0.29, 0.717) is 19.7 Å². The van der Waals surface area contributed by atoms with Crippen molar-refractivity contribution in [3.8, 4) is 0 Å². The summed E-state index contributed by atoms with van der Waals surface area (Å²) in [6.07, 6.45) is 3.46. The minimum atomic E-state index is -0.141. The van der Waals surface area contributed by atoms with Gasteiger partial charge in [0, 0.05) is 38.3 Å². The Bertz CT molecular complexity index is 664. The van der Waals surface area contributed by atoms with Crippen molar-refractivity contribution in [2.45, 2.75) is 32.7 Å². The van der Waals surface area contributed by atoms with Crippen LogP contribution in [0, 0.1) is 0 Å². The summed E-state index contributed by atoms with van der Waals surface area (Å²) in [5.74, 6) is 0. The topological polar surface area (TPSA) is 54.5 Å². The second kappa shape index (κ2) is 8.62. The highest BCUT2D eigenvalue weighted by molar-refractivity contribution is 5.89. The Morgan fingerprint density at radius 2 is 1.76 bits per heavy atom. The molecular formula is C20H27N3O2. The van der Waals surface area contributed by atoms with E-state index in [2.05, 4.69) is 43.2 Å². The molecule has 5 heteroatoms.